The third-order valence-corrected chi connectivity index (χ3v) is 6.01. The number of unbranched alkanes of at least 4 members (excludes halogenated alkanes) is 15. The van der Waals surface area contributed by atoms with Crippen molar-refractivity contribution in [3.05, 3.63) is 0 Å². The van der Waals surface area contributed by atoms with E-state index in [9.17, 15) is 25.2 Å². The second-order valence-corrected chi connectivity index (χ2v) is 9.00. The number of carbonyl (C=O) groups excluding carboxylic acids is 1. The molecule has 32 heavy (non-hydrogen) atoms. The van der Waals surface area contributed by atoms with Crippen molar-refractivity contribution in [1.29, 1.82) is 0 Å². The summed E-state index contributed by atoms with van der Waals surface area (Å²) in [6, 6.07) is 0. The van der Waals surface area contributed by atoms with Crippen molar-refractivity contribution in [2.75, 3.05) is 13.2 Å². The molecule has 0 aliphatic heterocycles. The summed E-state index contributed by atoms with van der Waals surface area (Å²) in [5.74, 6) is -0.556. The number of hydrogen-bond donors (Lipinski definition) is 5. The van der Waals surface area contributed by atoms with Crippen LogP contribution in [0.5, 0.6) is 0 Å². The minimum absolute atomic E-state index is 0.181. The van der Waals surface area contributed by atoms with E-state index >= 15 is 0 Å². The maximum Gasteiger partial charge on any atom is 0.306 e. The Kier molecular flexibility index (Phi) is 21.6. The molecule has 0 amide bonds. The lowest BCUT2D eigenvalue weighted by molar-refractivity contribution is -0.171. The zero-order valence-electron chi connectivity index (χ0n) is 20.3. The smallest absolute Gasteiger partial charge is 0.306 e. The molecule has 7 heteroatoms. The number of ether oxygens (including phenoxy) is 1. The molecule has 0 saturated carbocycles. The molecular weight excluding hydrogens is 412 g/mol. The summed E-state index contributed by atoms with van der Waals surface area (Å²) >= 11 is 0. The predicted molar refractivity (Wildman–Crippen MR) is 126 cm³/mol. The van der Waals surface area contributed by atoms with E-state index < -0.39 is 43.6 Å². The van der Waals surface area contributed by atoms with Crippen LogP contribution in [0.2, 0.25) is 0 Å². The summed E-state index contributed by atoms with van der Waals surface area (Å²) in [6.07, 6.45) is 13.9. The Hall–Kier alpha value is -0.730. The SMILES string of the molecule is CCCCCCCCCCCCCCCCCCC(=O)O[C@@H](CO)[C@H](O)[C@@H](O)[C@@H](O)CO. The van der Waals surface area contributed by atoms with E-state index in [2.05, 4.69) is 6.92 Å². The highest BCUT2D eigenvalue weighted by Crippen LogP contribution is 2.15. The summed E-state index contributed by atoms with van der Waals surface area (Å²) in [5, 5.41) is 47.0. The molecule has 0 bridgehead atoms. The second-order valence-electron chi connectivity index (χ2n) is 9.00. The largest absolute Gasteiger partial charge is 0.457 e. The molecule has 5 N–H and O–H groups in total. The summed E-state index contributed by atoms with van der Waals surface area (Å²) in [7, 11) is 0. The Morgan fingerprint density at radius 3 is 1.41 bits per heavy atom. The molecule has 0 spiro atoms. The van der Waals surface area contributed by atoms with E-state index in [4.69, 9.17) is 9.84 Å². The van der Waals surface area contributed by atoms with Gasteiger partial charge in [-0.05, 0) is 6.42 Å². The molecule has 7 nitrogen and oxygen atoms in total. The molecule has 0 aromatic heterocycles. The lowest BCUT2D eigenvalue weighted by atomic mass is 10.0. The van der Waals surface area contributed by atoms with Crippen LogP contribution in [-0.2, 0) is 9.53 Å². The predicted octanol–water partition coefficient (Wildman–Crippen LogP) is 3.62. The fourth-order valence-electron chi connectivity index (χ4n) is 3.82. The molecule has 0 fully saturated rings. The van der Waals surface area contributed by atoms with E-state index in [-0.39, 0.29) is 6.42 Å². The molecule has 0 aliphatic carbocycles. The summed E-state index contributed by atoms with van der Waals surface area (Å²) in [6.45, 7) is 0.827. The first-order valence-corrected chi connectivity index (χ1v) is 12.9. The van der Waals surface area contributed by atoms with Gasteiger partial charge < -0.3 is 30.3 Å². The molecule has 0 aliphatic rings. The van der Waals surface area contributed by atoms with E-state index in [1.807, 2.05) is 0 Å². The van der Waals surface area contributed by atoms with Crippen molar-refractivity contribution in [2.45, 2.75) is 140 Å². The van der Waals surface area contributed by atoms with Crippen LogP contribution in [0.4, 0.5) is 0 Å². The first-order valence-electron chi connectivity index (χ1n) is 12.9. The first kappa shape index (κ1) is 31.3. The highest BCUT2D eigenvalue weighted by Gasteiger charge is 2.33. The van der Waals surface area contributed by atoms with Crippen molar-refractivity contribution < 1.29 is 35.1 Å². The molecule has 0 rings (SSSR count). The van der Waals surface area contributed by atoms with Gasteiger partial charge in [0.15, 0.2) is 6.10 Å². The lowest BCUT2D eigenvalue weighted by Gasteiger charge is -2.27. The number of hydrogen-bond acceptors (Lipinski definition) is 7. The lowest BCUT2D eigenvalue weighted by Crippen LogP contribution is -2.48. The molecule has 0 radical (unpaired) electrons. The van der Waals surface area contributed by atoms with Crippen molar-refractivity contribution in [2.24, 2.45) is 0 Å². The first-order chi connectivity index (χ1) is 15.5. The highest BCUT2D eigenvalue weighted by molar-refractivity contribution is 5.69. The monoisotopic (exact) mass is 462 g/mol. The maximum absolute atomic E-state index is 11.9. The Balaban J connectivity index is 3.57. The van der Waals surface area contributed by atoms with Crippen molar-refractivity contribution in [1.82, 2.24) is 0 Å². The second kappa shape index (κ2) is 22.1. The van der Waals surface area contributed by atoms with Gasteiger partial charge in [0.1, 0.15) is 18.3 Å². The minimum Gasteiger partial charge on any atom is -0.457 e. The fourth-order valence-corrected chi connectivity index (χ4v) is 3.82. The number of aliphatic hydroxyl groups excluding tert-OH is 5. The number of aliphatic hydroxyl groups is 5. The van der Waals surface area contributed by atoms with Gasteiger partial charge in [0.25, 0.3) is 0 Å². The normalized spacial score (nSPS) is 15.3. The zero-order valence-corrected chi connectivity index (χ0v) is 20.3. The molecule has 4 atom stereocenters. The van der Waals surface area contributed by atoms with Crippen LogP contribution in [0.25, 0.3) is 0 Å². The Morgan fingerprint density at radius 1 is 0.625 bits per heavy atom. The van der Waals surface area contributed by atoms with Gasteiger partial charge in [-0.15, -0.1) is 0 Å². The Labute approximate surface area is 195 Å². The van der Waals surface area contributed by atoms with Crippen LogP contribution in [0.15, 0.2) is 0 Å². The minimum atomic E-state index is -1.71. The van der Waals surface area contributed by atoms with Gasteiger partial charge in [-0.1, -0.05) is 103 Å². The summed E-state index contributed by atoms with van der Waals surface area (Å²) < 4.78 is 5.01. The van der Waals surface area contributed by atoms with Gasteiger partial charge >= 0.3 is 5.97 Å². The van der Waals surface area contributed by atoms with E-state index in [0.29, 0.717) is 6.42 Å². The highest BCUT2D eigenvalue weighted by atomic mass is 16.6. The maximum atomic E-state index is 11.9. The number of esters is 1. The van der Waals surface area contributed by atoms with Gasteiger partial charge in [-0.2, -0.15) is 0 Å². The van der Waals surface area contributed by atoms with Gasteiger partial charge in [0.2, 0.25) is 0 Å². The summed E-state index contributed by atoms with van der Waals surface area (Å²) in [4.78, 5) is 11.9. The van der Waals surface area contributed by atoms with Crippen LogP contribution in [0.1, 0.15) is 116 Å². The topological polar surface area (TPSA) is 127 Å². The third kappa shape index (κ3) is 16.8. The average Bonchev–Trinajstić information content (AvgIpc) is 2.80. The van der Waals surface area contributed by atoms with Crippen molar-refractivity contribution in [3.63, 3.8) is 0 Å². The molecule has 0 heterocycles. The zero-order chi connectivity index (χ0) is 24.0. The summed E-state index contributed by atoms with van der Waals surface area (Å²) in [5.41, 5.74) is 0. The number of carbonyl (C=O) groups is 1. The molecule has 192 valence electrons. The van der Waals surface area contributed by atoms with Crippen LogP contribution < -0.4 is 0 Å². The van der Waals surface area contributed by atoms with Crippen LogP contribution in [0, 0.1) is 0 Å². The van der Waals surface area contributed by atoms with E-state index in [1.165, 1.54) is 77.0 Å². The van der Waals surface area contributed by atoms with Gasteiger partial charge in [0, 0.05) is 6.42 Å². The van der Waals surface area contributed by atoms with Crippen molar-refractivity contribution in [3.8, 4) is 0 Å². The van der Waals surface area contributed by atoms with Gasteiger partial charge in [-0.25, -0.2) is 0 Å². The average molecular weight is 463 g/mol. The Morgan fingerprint density at radius 2 is 1.03 bits per heavy atom. The number of rotatable bonds is 23. The van der Waals surface area contributed by atoms with E-state index in [1.54, 1.807) is 0 Å². The Bertz CT molecular complexity index is 419. The van der Waals surface area contributed by atoms with Crippen LogP contribution in [0.3, 0.4) is 0 Å². The van der Waals surface area contributed by atoms with Crippen LogP contribution in [-0.4, -0.2) is 69.1 Å². The molecular formula is C25H50O7. The third-order valence-electron chi connectivity index (χ3n) is 6.01. The molecule has 0 saturated heterocycles. The molecule has 0 aromatic carbocycles. The molecule has 0 aromatic rings. The van der Waals surface area contributed by atoms with Gasteiger partial charge in [-0.3, -0.25) is 4.79 Å². The molecule has 0 unspecified atom stereocenters. The fraction of sp³-hybridized carbons (Fsp3) is 0.960. The quantitative estimate of drug-likeness (QED) is 0.116. The van der Waals surface area contributed by atoms with Gasteiger partial charge in [0.05, 0.1) is 13.2 Å². The van der Waals surface area contributed by atoms with E-state index in [0.717, 1.165) is 19.3 Å². The van der Waals surface area contributed by atoms with Crippen molar-refractivity contribution >= 4 is 5.97 Å². The van der Waals surface area contributed by atoms with Crippen LogP contribution >= 0.6 is 0 Å². The standard InChI is InChI=1S/C25H50O7/c1-2-3-4-5-6-7-8-9-10-11-12-13-14-15-16-17-18-23(29)32-22(20-27)25(31)24(30)21(28)19-26/h21-22,24-28,30-31H,2-20H2,1H3/t21-,22-,24-,25-/m0/s1.